The van der Waals surface area contributed by atoms with Crippen LogP contribution in [0.1, 0.15) is 27.7 Å². The monoisotopic (exact) mass is 352 g/mol. The zero-order valence-electron chi connectivity index (χ0n) is 14.9. The molecule has 1 heterocycles. The van der Waals surface area contributed by atoms with Gasteiger partial charge in [-0.1, -0.05) is 13.8 Å². The molecule has 24 heavy (non-hydrogen) atoms. The van der Waals surface area contributed by atoms with E-state index in [0.29, 0.717) is 0 Å². The molecule has 0 saturated carbocycles. The first kappa shape index (κ1) is 21.7. The molecule has 8 nitrogen and oxygen atoms in total. The lowest BCUT2D eigenvalue weighted by molar-refractivity contribution is -0.335. The molecule has 0 amide bonds. The van der Waals surface area contributed by atoms with E-state index in [0.717, 1.165) is 0 Å². The van der Waals surface area contributed by atoms with Crippen molar-refractivity contribution in [2.24, 2.45) is 11.8 Å². The zero-order chi connectivity index (χ0) is 18.3. The average molecular weight is 352 g/mol. The number of hydrogen-bond donors (Lipinski definition) is 4. The molecule has 4 N–H and O–H groups in total. The number of rotatable bonds is 10. The van der Waals surface area contributed by atoms with Gasteiger partial charge < -0.3 is 39.4 Å². The summed E-state index contributed by atoms with van der Waals surface area (Å²) in [5.74, 6) is -0.258. The van der Waals surface area contributed by atoms with E-state index in [1.54, 1.807) is 0 Å². The van der Waals surface area contributed by atoms with E-state index in [1.165, 1.54) is 0 Å². The molecule has 6 atom stereocenters. The predicted octanol–water partition coefficient (Wildman–Crippen LogP) is -0.526. The minimum Gasteiger partial charge on any atom is -0.394 e. The first-order valence-electron chi connectivity index (χ1n) is 8.43. The third-order valence-electron chi connectivity index (χ3n) is 3.90. The smallest absolute Gasteiger partial charge is 0.187 e. The lowest BCUT2D eigenvalue weighted by atomic mass is 9.81. The van der Waals surface area contributed by atoms with Crippen LogP contribution in [0.5, 0.6) is 0 Å². The van der Waals surface area contributed by atoms with Crippen LogP contribution in [-0.4, -0.2) is 83.8 Å². The van der Waals surface area contributed by atoms with Crippen molar-refractivity contribution in [1.82, 2.24) is 0 Å². The standard InChI is InChI=1S/C16H32O8/c1-9(2)13-11(8-21-6-5-17)23-16(22-10(3)4)15(14(13)20)24-12(19)7-18/h9-20H,5-8H2,1-4H3. The van der Waals surface area contributed by atoms with Crippen LogP contribution in [-0.2, 0) is 18.9 Å². The van der Waals surface area contributed by atoms with Crippen molar-refractivity contribution in [3.05, 3.63) is 0 Å². The first-order valence-corrected chi connectivity index (χ1v) is 8.43. The Labute approximate surface area is 143 Å². The summed E-state index contributed by atoms with van der Waals surface area (Å²) >= 11 is 0. The fourth-order valence-electron chi connectivity index (χ4n) is 2.93. The van der Waals surface area contributed by atoms with Crippen molar-refractivity contribution in [2.75, 3.05) is 26.4 Å². The van der Waals surface area contributed by atoms with Crippen molar-refractivity contribution >= 4 is 0 Å². The zero-order valence-corrected chi connectivity index (χ0v) is 14.9. The van der Waals surface area contributed by atoms with Gasteiger partial charge in [0.25, 0.3) is 0 Å². The Hall–Kier alpha value is -0.320. The summed E-state index contributed by atoms with van der Waals surface area (Å²) in [4.78, 5) is 0. The van der Waals surface area contributed by atoms with Gasteiger partial charge >= 0.3 is 0 Å². The van der Waals surface area contributed by atoms with Gasteiger partial charge in [-0.3, -0.25) is 0 Å². The molecule has 1 saturated heterocycles. The van der Waals surface area contributed by atoms with E-state index >= 15 is 0 Å². The van der Waals surface area contributed by atoms with E-state index in [9.17, 15) is 10.2 Å². The molecule has 1 aliphatic rings. The highest BCUT2D eigenvalue weighted by atomic mass is 16.7. The molecule has 1 fully saturated rings. The van der Waals surface area contributed by atoms with Gasteiger partial charge in [0.15, 0.2) is 12.6 Å². The number of aliphatic hydroxyl groups is 4. The topological polar surface area (TPSA) is 118 Å². The molecular weight excluding hydrogens is 320 g/mol. The molecule has 0 aromatic carbocycles. The van der Waals surface area contributed by atoms with Crippen molar-refractivity contribution in [2.45, 2.75) is 64.7 Å². The van der Waals surface area contributed by atoms with Gasteiger partial charge in [-0.25, -0.2) is 0 Å². The van der Waals surface area contributed by atoms with Gasteiger partial charge in [0.05, 0.1) is 44.7 Å². The molecule has 0 aromatic rings. The Morgan fingerprint density at radius 3 is 2.25 bits per heavy atom. The third kappa shape index (κ3) is 6.20. The van der Waals surface area contributed by atoms with Gasteiger partial charge in [-0.05, 0) is 19.8 Å². The summed E-state index contributed by atoms with van der Waals surface area (Å²) in [5, 5.41) is 38.2. The molecule has 0 radical (unpaired) electrons. The second-order valence-electron chi connectivity index (χ2n) is 6.58. The van der Waals surface area contributed by atoms with Crippen molar-refractivity contribution < 1.29 is 39.4 Å². The van der Waals surface area contributed by atoms with Crippen LogP contribution < -0.4 is 0 Å². The first-order chi connectivity index (χ1) is 11.3. The second-order valence-corrected chi connectivity index (χ2v) is 6.58. The maximum atomic E-state index is 10.8. The van der Waals surface area contributed by atoms with Gasteiger partial charge in [-0.15, -0.1) is 0 Å². The normalized spacial score (nSPS) is 32.5. The van der Waals surface area contributed by atoms with Crippen molar-refractivity contribution in [3.63, 3.8) is 0 Å². The van der Waals surface area contributed by atoms with Gasteiger partial charge in [0, 0.05) is 5.92 Å². The molecule has 1 rings (SSSR count). The largest absolute Gasteiger partial charge is 0.394 e. The molecular formula is C16H32O8. The van der Waals surface area contributed by atoms with E-state index in [2.05, 4.69) is 0 Å². The van der Waals surface area contributed by atoms with Crippen LogP contribution in [0.4, 0.5) is 0 Å². The molecule has 8 heteroatoms. The minimum absolute atomic E-state index is 0.0556. The van der Waals surface area contributed by atoms with Gasteiger partial charge in [-0.2, -0.15) is 0 Å². The number of hydrogen-bond acceptors (Lipinski definition) is 8. The van der Waals surface area contributed by atoms with E-state index in [-0.39, 0.29) is 37.8 Å². The minimum atomic E-state index is -1.43. The Morgan fingerprint density at radius 1 is 1.08 bits per heavy atom. The molecule has 6 unspecified atom stereocenters. The molecule has 144 valence electrons. The number of aliphatic hydroxyl groups excluding tert-OH is 4. The molecule has 0 aromatic heterocycles. The highest BCUT2D eigenvalue weighted by Crippen LogP contribution is 2.34. The second kappa shape index (κ2) is 10.6. The van der Waals surface area contributed by atoms with Crippen LogP contribution in [0.15, 0.2) is 0 Å². The summed E-state index contributed by atoms with van der Waals surface area (Å²) in [5.41, 5.74) is 0. The predicted molar refractivity (Wildman–Crippen MR) is 85.1 cm³/mol. The fourth-order valence-corrected chi connectivity index (χ4v) is 2.93. The Kier molecular flexibility index (Phi) is 9.61. The van der Waals surface area contributed by atoms with Gasteiger partial charge in [0.2, 0.25) is 0 Å². The van der Waals surface area contributed by atoms with Crippen molar-refractivity contribution in [3.8, 4) is 0 Å². The summed E-state index contributed by atoms with van der Waals surface area (Å²) in [6, 6.07) is 0. The Bertz CT molecular complexity index is 336. The van der Waals surface area contributed by atoms with Crippen molar-refractivity contribution in [1.29, 1.82) is 0 Å². The molecule has 0 bridgehead atoms. The van der Waals surface area contributed by atoms with Crippen LogP contribution in [0.3, 0.4) is 0 Å². The van der Waals surface area contributed by atoms with E-state index < -0.39 is 37.5 Å². The summed E-state index contributed by atoms with van der Waals surface area (Å²) in [7, 11) is 0. The maximum Gasteiger partial charge on any atom is 0.187 e. The molecule has 0 spiro atoms. The van der Waals surface area contributed by atoms with E-state index in [1.807, 2.05) is 27.7 Å². The van der Waals surface area contributed by atoms with E-state index in [4.69, 9.17) is 29.2 Å². The average Bonchev–Trinajstić information content (AvgIpc) is 2.50. The lowest BCUT2D eigenvalue weighted by Gasteiger charge is -2.46. The Balaban J connectivity index is 2.93. The highest BCUT2D eigenvalue weighted by molar-refractivity contribution is 4.92. The highest BCUT2D eigenvalue weighted by Gasteiger charge is 2.48. The summed E-state index contributed by atoms with van der Waals surface area (Å²) in [6.45, 7) is 7.23. The fraction of sp³-hybridized carbons (Fsp3) is 1.00. The molecule has 1 aliphatic heterocycles. The number of ether oxygens (including phenoxy) is 4. The maximum absolute atomic E-state index is 10.8. The van der Waals surface area contributed by atoms with Crippen LogP contribution >= 0.6 is 0 Å². The third-order valence-corrected chi connectivity index (χ3v) is 3.90. The van der Waals surface area contributed by atoms with Crippen LogP contribution in [0.2, 0.25) is 0 Å². The SMILES string of the molecule is CC(C)OC1OC(COCCO)C(C(C)C)C(O)C1OC(O)CO. The molecule has 0 aliphatic carbocycles. The quantitative estimate of drug-likeness (QED) is 0.306. The Morgan fingerprint density at radius 2 is 1.75 bits per heavy atom. The lowest BCUT2D eigenvalue weighted by Crippen LogP contribution is -2.60. The summed E-state index contributed by atoms with van der Waals surface area (Å²) in [6.07, 6.45) is -4.86. The van der Waals surface area contributed by atoms with Crippen LogP contribution in [0.25, 0.3) is 0 Å². The summed E-state index contributed by atoms with van der Waals surface area (Å²) < 4.78 is 22.3. The van der Waals surface area contributed by atoms with Crippen LogP contribution in [0, 0.1) is 11.8 Å². The van der Waals surface area contributed by atoms with Gasteiger partial charge in [0.1, 0.15) is 6.10 Å².